The van der Waals surface area contributed by atoms with Gasteiger partial charge >= 0.3 is 0 Å². The number of hydrogen-bond acceptors (Lipinski definition) is 3. The van der Waals surface area contributed by atoms with E-state index < -0.39 is 5.91 Å². The van der Waals surface area contributed by atoms with Crippen molar-refractivity contribution in [2.24, 2.45) is 16.6 Å². The molecule has 1 aliphatic rings. The van der Waals surface area contributed by atoms with E-state index in [1.165, 1.54) is 32.1 Å². The first-order valence-corrected chi connectivity index (χ1v) is 8.02. The van der Waals surface area contributed by atoms with Crippen LogP contribution >= 0.6 is 0 Å². The Hall–Kier alpha value is -1.98. The molecule has 1 aliphatic carbocycles. The van der Waals surface area contributed by atoms with E-state index in [0.717, 1.165) is 24.8 Å². The van der Waals surface area contributed by atoms with Gasteiger partial charge in [-0.2, -0.15) is 0 Å². The summed E-state index contributed by atoms with van der Waals surface area (Å²) in [5.41, 5.74) is 5.15. The highest BCUT2D eigenvalue weighted by atomic mass is 16.3. The monoisotopic (exact) mass is 306 g/mol. The van der Waals surface area contributed by atoms with Crippen LogP contribution in [-0.4, -0.2) is 25.5 Å². The first kappa shape index (κ1) is 16.4. The number of primary amides is 1. The molecule has 0 bridgehead atoms. The number of furan rings is 1. The van der Waals surface area contributed by atoms with E-state index in [0.29, 0.717) is 12.3 Å². The summed E-state index contributed by atoms with van der Waals surface area (Å²) in [6, 6.07) is 3.32. The maximum atomic E-state index is 11.0. The van der Waals surface area contributed by atoms with E-state index in [1.807, 2.05) is 0 Å². The van der Waals surface area contributed by atoms with Crippen molar-refractivity contribution < 1.29 is 9.21 Å². The highest BCUT2D eigenvalue weighted by molar-refractivity contribution is 5.89. The molecule has 0 aliphatic heterocycles. The van der Waals surface area contributed by atoms with Gasteiger partial charge in [-0.25, -0.2) is 0 Å². The van der Waals surface area contributed by atoms with Crippen molar-refractivity contribution in [1.29, 1.82) is 0 Å². The molecule has 1 heterocycles. The van der Waals surface area contributed by atoms with E-state index in [1.54, 1.807) is 19.2 Å². The number of rotatable bonds is 7. The SMILES string of the molecule is CN=C(NCCCC1CCCC1)NCc1ccc(C(N)=O)o1. The molecule has 1 fully saturated rings. The van der Waals surface area contributed by atoms with Crippen molar-refractivity contribution in [3.63, 3.8) is 0 Å². The fourth-order valence-corrected chi connectivity index (χ4v) is 2.89. The predicted octanol–water partition coefficient (Wildman–Crippen LogP) is 2.01. The van der Waals surface area contributed by atoms with Gasteiger partial charge in [-0.15, -0.1) is 0 Å². The summed E-state index contributed by atoms with van der Waals surface area (Å²) in [7, 11) is 1.74. The minimum Gasteiger partial charge on any atom is -0.454 e. The summed E-state index contributed by atoms with van der Waals surface area (Å²) >= 11 is 0. The van der Waals surface area contributed by atoms with E-state index in [2.05, 4.69) is 15.6 Å². The van der Waals surface area contributed by atoms with Crippen LogP contribution in [0, 0.1) is 5.92 Å². The average molecular weight is 306 g/mol. The lowest BCUT2D eigenvalue weighted by molar-refractivity contribution is 0.0972. The van der Waals surface area contributed by atoms with Crippen molar-refractivity contribution in [1.82, 2.24) is 10.6 Å². The summed E-state index contributed by atoms with van der Waals surface area (Å²) < 4.78 is 5.31. The fraction of sp³-hybridized carbons (Fsp3) is 0.625. The second-order valence-corrected chi connectivity index (χ2v) is 5.78. The molecule has 0 radical (unpaired) electrons. The lowest BCUT2D eigenvalue weighted by atomic mass is 10.0. The Morgan fingerprint density at radius 3 is 2.77 bits per heavy atom. The van der Waals surface area contributed by atoms with E-state index in [9.17, 15) is 4.79 Å². The van der Waals surface area contributed by atoms with Gasteiger partial charge in [-0.3, -0.25) is 9.79 Å². The summed E-state index contributed by atoms with van der Waals surface area (Å²) in [6.07, 6.45) is 8.05. The van der Waals surface area contributed by atoms with Crippen LogP contribution in [0.4, 0.5) is 0 Å². The summed E-state index contributed by atoms with van der Waals surface area (Å²) in [4.78, 5) is 15.1. The Morgan fingerprint density at radius 2 is 2.14 bits per heavy atom. The van der Waals surface area contributed by atoms with Crippen molar-refractivity contribution in [3.8, 4) is 0 Å². The Labute approximate surface area is 131 Å². The number of nitrogens with zero attached hydrogens (tertiary/aromatic N) is 1. The van der Waals surface area contributed by atoms with Gasteiger partial charge in [0.2, 0.25) is 0 Å². The maximum Gasteiger partial charge on any atom is 0.284 e. The van der Waals surface area contributed by atoms with Crippen LogP contribution in [0.2, 0.25) is 0 Å². The number of amides is 1. The lowest BCUT2D eigenvalue weighted by Gasteiger charge is -2.12. The summed E-state index contributed by atoms with van der Waals surface area (Å²) in [6.45, 7) is 1.39. The summed E-state index contributed by atoms with van der Waals surface area (Å²) in [5.74, 6) is 1.94. The molecular weight excluding hydrogens is 280 g/mol. The molecule has 122 valence electrons. The Kier molecular flexibility index (Phi) is 6.30. The average Bonchev–Trinajstić information content (AvgIpc) is 3.18. The zero-order chi connectivity index (χ0) is 15.8. The maximum absolute atomic E-state index is 11.0. The first-order chi connectivity index (χ1) is 10.7. The molecule has 0 spiro atoms. The number of hydrogen-bond donors (Lipinski definition) is 3. The molecule has 1 aromatic rings. The van der Waals surface area contributed by atoms with Crippen LogP contribution in [0.25, 0.3) is 0 Å². The number of nitrogens with one attached hydrogen (secondary N) is 2. The van der Waals surface area contributed by atoms with Gasteiger partial charge in [0.1, 0.15) is 5.76 Å². The minimum absolute atomic E-state index is 0.177. The third-order valence-electron chi connectivity index (χ3n) is 4.11. The number of carbonyl (C=O) groups is 1. The van der Waals surface area contributed by atoms with Gasteiger partial charge in [-0.05, 0) is 30.9 Å². The number of aliphatic imine (C=N–C) groups is 1. The standard InChI is InChI=1S/C16H26N4O2/c1-18-16(19-10-4-7-12-5-2-3-6-12)20-11-13-8-9-14(22-13)15(17)21/h8-9,12H,2-7,10-11H2,1H3,(H2,17,21)(H2,18,19,20). The molecule has 1 saturated carbocycles. The molecule has 1 aromatic heterocycles. The smallest absolute Gasteiger partial charge is 0.284 e. The minimum atomic E-state index is -0.555. The van der Waals surface area contributed by atoms with Crippen molar-refractivity contribution in [2.75, 3.05) is 13.6 Å². The molecule has 1 amide bonds. The van der Waals surface area contributed by atoms with Crippen LogP contribution in [0.15, 0.2) is 21.5 Å². The van der Waals surface area contributed by atoms with Crippen LogP contribution in [0.3, 0.4) is 0 Å². The second-order valence-electron chi connectivity index (χ2n) is 5.78. The first-order valence-electron chi connectivity index (χ1n) is 8.02. The fourth-order valence-electron chi connectivity index (χ4n) is 2.89. The molecular formula is C16H26N4O2. The molecule has 22 heavy (non-hydrogen) atoms. The van der Waals surface area contributed by atoms with Crippen LogP contribution in [0.1, 0.15) is 54.8 Å². The Morgan fingerprint density at radius 1 is 1.36 bits per heavy atom. The largest absolute Gasteiger partial charge is 0.454 e. The topological polar surface area (TPSA) is 92.6 Å². The highest BCUT2D eigenvalue weighted by Gasteiger charge is 2.14. The summed E-state index contributed by atoms with van der Waals surface area (Å²) in [5, 5.41) is 6.46. The number of guanidine groups is 1. The zero-order valence-corrected chi connectivity index (χ0v) is 13.2. The molecule has 4 N–H and O–H groups in total. The van der Waals surface area contributed by atoms with Crippen molar-refractivity contribution >= 4 is 11.9 Å². The van der Waals surface area contributed by atoms with E-state index in [-0.39, 0.29) is 5.76 Å². The molecule has 0 saturated heterocycles. The van der Waals surface area contributed by atoms with Crippen LogP contribution in [0.5, 0.6) is 0 Å². The molecule has 0 unspecified atom stereocenters. The van der Waals surface area contributed by atoms with Crippen LogP contribution in [-0.2, 0) is 6.54 Å². The molecule has 6 nitrogen and oxygen atoms in total. The van der Waals surface area contributed by atoms with E-state index >= 15 is 0 Å². The second kappa shape index (κ2) is 8.46. The van der Waals surface area contributed by atoms with Gasteiger partial charge in [0, 0.05) is 13.6 Å². The molecule has 6 heteroatoms. The Bertz CT molecular complexity index is 504. The van der Waals surface area contributed by atoms with Gasteiger partial charge in [0.05, 0.1) is 6.54 Å². The van der Waals surface area contributed by atoms with Crippen molar-refractivity contribution in [2.45, 2.75) is 45.1 Å². The van der Waals surface area contributed by atoms with Gasteiger partial charge < -0.3 is 20.8 Å². The zero-order valence-electron chi connectivity index (χ0n) is 13.2. The van der Waals surface area contributed by atoms with Crippen molar-refractivity contribution in [3.05, 3.63) is 23.7 Å². The van der Waals surface area contributed by atoms with Gasteiger partial charge in [0.15, 0.2) is 11.7 Å². The van der Waals surface area contributed by atoms with Gasteiger partial charge in [-0.1, -0.05) is 25.7 Å². The predicted molar refractivity (Wildman–Crippen MR) is 86.6 cm³/mol. The third kappa shape index (κ3) is 5.09. The normalized spacial score (nSPS) is 16.0. The van der Waals surface area contributed by atoms with Crippen LogP contribution < -0.4 is 16.4 Å². The Balaban J connectivity index is 1.64. The third-order valence-corrected chi connectivity index (χ3v) is 4.11. The van der Waals surface area contributed by atoms with Gasteiger partial charge in [0.25, 0.3) is 5.91 Å². The molecule has 2 rings (SSSR count). The lowest BCUT2D eigenvalue weighted by Crippen LogP contribution is -2.37. The van der Waals surface area contributed by atoms with E-state index in [4.69, 9.17) is 10.2 Å². The number of carbonyl (C=O) groups excluding carboxylic acids is 1. The quantitative estimate of drug-likeness (QED) is 0.408. The molecule has 0 atom stereocenters. The number of nitrogens with two attached hydrogens (primary N) is 1. The highest BCUT2D eigenvalue weighted by Crippen LogP contribution is 2.28. The molecule has 0 aromatic carbocycles.